The molecule has 0 saturated carbocycles. The number of fused-ring (bicyclic) bond motifs is 4. The maximum Gasteiger partial charge on any atom is 0.266 e. The number of benzene rings is 2. The van der Waals surface area contributed by atoms with Crippen LogP contribution in [-0.2, 0) is 15.6 Å². The van der Waals surface area contributed by atoms with Crippen molar-refractivity contribution in [3.63, 3.8) is 0 Å². The van der Waals surface area contributed by atoms with Crippen molar-refractivity contribution < 1.29 is 21.6 Å². The Kier molecular flexibility index (Phi) is 4.45. The molecule has 5 rings (SSSR count). The molecule has 0 spiro atoms. The highest BCUT2D eigenvalue weighted by Gasteiger charge is 2.37. The van der Waals surface area contributed by atoms with Crippen LogP contribution in [0.3, 0.4) is 0 Å². The average molecular weight is 475 g/mol. The van der Waals surface area contributed by atoms with E-state index in [4.69, 9.17) is 0 Å². The average Bonchev–Trinajstić information content (AvgIpc) is 3.30. The van der Waals surface area contributed by atoms with Crippen molar-refractivity contribution in [1.82, 2.24) is 18.7 Å². The first-order chi connectivity index (χ1) is 15.4. The van der Waals surface area contributed by atoms with Crippen molar-refractivity contribution in [1.29, 1.82) is 0 Å². The number of aromatic nitrogens is 4. The van der Waals surface area contributed by atoms with Crippen molar-refractivity contribution in [3.8, 4) is 16.8 Å². The first kappa shape index (κ1) is 21.5. The minimum absolute atomic E-state index is 0.0749. The Morgan fingerprint density at radius 1 is 1.09 bits per heavy atom. The van der Waals surface area contributed by atoms with Crippen molar-refractivity contribution in [2.24, 2.45) is 0 Å². The third-order valence-electron chi connectivity index (χ3n) is 5.87. The molecule has 0 bridgehead atoms. The molecule has 2 aromatic carbocycles. The zero-order valence-corrected chi connectivity index (χ0v) is 19.0. The lowest BCUT2D eigenvalue weighted by molar-refractivity contribution is 0.151. The van der Waals surface area contributed by atoms with Crippen LogP contribution in [0.25, 0.3) is 27.7 Å². The lowest BCUT2D eigenvalue weighted by Gasteiger charge is -2.35. The molecule has 1 N–H and O–H groups in total. The fraction of sp³-hybridized carbons (Fsp3) is 0.273. The number of aryl methyl sites for hydroxylation is 1. The third-order valence-corrected chi connectivity index (χ3v) is 6.91. The summed E-state index contributed by atoms with van der Waals surface area (Å²) in [4.78, 5) is 0. The first-order valence-electron chi connectivity index (χ1n) is 10.1. The Morgan fingerprint density at radius 3 is 2.48 bits per heavy atom. The highest BCUT2D eigenvalue weighted by molar-refractivity contribution is 7.89. The van der Waals surface area contributed by atoms with E-state index < -0.39 is 27.8 Å². The molecule has 0 saturated heterocycles. The van der Waals surface area contributed by atoms with Gasteiger partial charge in [-0.05, 0) is 56.2 Å². The van der Waals surface area contributed by atoms with Gasteiger partial charge in [0.2, 0.25) is 10.0 Å². The molecule has 0 fully saturated rings. The highest BCUT2D eigenvalue weighted by Crippen LogP contribution is 2.46. The summed E-state index contributed by atoms with van der Waals surface area (Å²) in [6.45, 7) is 5.42. The smallest absolute Gasteiger partial charge is 0.266 e. The fourth-order valence-electron chi connectivity index (χ4n) is 4.53. The monoisotopic (exact) mass is 475 g/mol. The van der Waals surface area contributed by atoms with Gasteiger partial charge in [-0.2, -0.15) is 0 Å². The van der Waals surface area contributed by atoms with Crippen molar-refractivity contribution in [2.75, 3.05) is 11.6 Å². The molecule has 0 unspecified atom stereocenters. The summed E-state index contributed by atoms with van der Waals surface area (Å²) < 4.78 is 70.7. The van der Waals surface area contributed by atoms with E-state index in [-0.39, 0.29) is 27.9 Å². The molecule has 1 aliphatic rings. The van der Waals surface area contributed by atoms with Crippen molar-refractivity contribution in [2.45, 2.75) is 32.7 Å². The van der Waals surface area contributed by atoms with Gasteiger partial charge in [-0.15, -0.1) is 10.2 Å². The van der Waals surface area contributed by atoms with Crippen LogP contribution in [0.1, 0.15) is 37.5 Å². The van der Waals surface area contributed by atoms with Gasteiger partial charge in [0.25, 0.3) is 6.43 Å². The van der Waals surface area contributed by atoms with Crippen LogP contribution in [0.2, 0.25) is 0 Å². The van der Waals surface area contributed by atoms with Crippen molar-refractivity contribution >= 4 is 26.6 Å². The molecule has 0 atom stereocenters. The summed E-state index contributed by atoms with van der Waals surface area (Å²) >= 11 is 0. The molecule has 2 aromatic heterocycles. The maximum absolute atomic E-state index is 14.6. The highest BCUT2D eigenvalue weighted by atomic mass is 32.2. The van der Waals surface area contributed by atoms with E-state index in [0.29, 0.717) is 22.7 Å². The maximum atomic E-state index is 14.6. The molecule has 0 aliphatic carbocycles. The van der Waals surface area contributed by atoms with Gasteiger partial charge in [0.1, 0.15) is 11.6 Å². The van der Waals surface area contributed by atoms with Gasteiger partial charge in [-0.3, -0.25) is 4.57 Å². The van der Waals surface area contributed by atoms with Crippen LogP contribution in [0.15, 0.2) is 36.5 Å². The van der Waals surface area contributed by atoms with Crippen molar-refractivity contribution in [3.05, 3.63) is 59.6 Å². The van der Waals surface area contributed by atoms with E-state index in [1.807, 2.05) is 13.8 Å². The van der Waals surface area contributed by atoms with Gasteiger partial charge < -0.3 is 5.32 Å². The lowest BCUT2D eigenvalue weighted by atomic mass is 9.91. The van der Waals surface area contributed by atoms with E-state index in [2.05, 4.69) is 15.5 Å². The molecule has 11 heteroatoms. The molecule has 4 aromatic rings. The Hall–Kier alpha value is -3.34. The number of alkyl halides is 2. The predicted octanol–water partition coefficient (Wildman–Crippen LogP) is 4.74. The summed E-state index contributed by atoms with van der Waals surface area (Å²) in [6.07, 6.45) is -0.636. The van der Waals surface area contributed by atoms with E-state index >= 15 is 0 Å². The van der Waals surface area contributed by atoms with Gasteiger partial charge in [0.15, 0.2) is 5.82 Å². The number of halogens is 3. The Morgan fingerprint density at radius 2 is 1.82 bits per heavy atom. The Labute approximate surface area is 187 Å². The SMILES string of the molecule is Cc1nnc2n1-c1c(ccc(-c3cc(F)cc4c3ccn4S(C)(=O)=O)c1C(F)F)NC2(C)C. The minimum atomic E-state index is -3.72. The second kappa shape index (κ2) is 6.83. The van der Waals surface area contributed by atoms with Gasteiger partial charge in [-0.1, -0.05) is 6.07 Å². The normalized spacial score (nSPS) is 14.9. The van der Waals surface area contributed by atoms with Crippen LogP contribution in [0, 0.1) is 12.7 Å². The number of hydrogen-bond donors (Lipinski definition) is 1. The molecule has 3 heterocycles. The molecule has 33 heavy (non-hydrogen) atoms. The van der Waals surface area contributed by atoms with Gasteiger partial charge in [-0.25, -0.2) is 25.6 Å². The number of rotatable bonds is 3. The molecule has 1 aliphatic heterocycles. The molecule has 0 amide bonds. The van der Waals surface area contributed by atoms with Crippen LogP contribution < -0.4 is 5.32 Å². The van der Waals surface area contributed by atoms with Crippen LogP contribution >= 0.6 is 0 Å². The zero-order valence-electron chi connectivity index (χ0n) is 18.2. The first-order valence-corrected chi connectivity index (χ1v) is 11.9. The molecule has 7 nitrogen and oxygen atoms in total. The summed E-state index contributed by atoms with van der Waals surface area (Å²) in [7, 11) is -3.72. The summed E-state index contributed by atoms with van der Waals surface area (Å²) in [6, 6.07) is 6.86. The summed E-state index contributed by atoms with van der Waals surface area (Å²) in [5, 5.41) is 11.8. The molecule has 172 valence electrons. The standard InChI is InChI=1S/C22H20F3N5O2S/c1-11-27-28-21-22(2,3)26-16-6-5-14(18(20(24)25)19(16)30(11)21)15-9-12(23)10-17-13(15)7-8-29(17)33(4,31)32/h5-10,20,26H,1-4H3. The number of nitrogens with one attached hydrogen (secondary N) is 1. The minimum Gasteiger partial charge on any atom is -0.371 e. The largest absolute Gasteiger partial charge is 0.371 e. The van der Waals surface area contributed by atoms with E-state index in [0.717, 1.165) is 22.4 Å². The summed E-state index contributed by atoms with van der Waals surface area (Å²) in [5.74, 6) is 0.172. The van der Waals surface area contributed by atoms with E-state index in [1.54, 1.807) is 17.6 Å². The number of nitrogens with zero attached hydrogens (tertiary/aromatic N) is 4. The van der Waals surface area contributed by atoms with Gasteiger partial charge in [0, 0.05) is 11.6 Å². The van der Waals surface area contributed by atoms with Crippen LogP contribution in [-0.4, -0.2) is 33.4 Å². The van der Waals surface area contributed by atoms with Gasteiger partial charge >= 0.3 is 0 Å². The lowest BCUT2D eigenvalue weighted by Crippen LogP contribution is -2.36. The summed E-state index contributed by atoms with van der Waals surface area (Å²) in [5.41, 5.74) is 0.0239. The second-order valence-corrected chi connectivity index (χ2v) is 10.5. The molecular weight excluding hydrogens is 455 g/mol. The van der Waals surface area contributed by atoms with E-state index in [9.17, 15) is 21.6 Å². The number of hydrogen-bond acceptors (Lipinski definition) is 5. The Bertz CT molecular complexity index is 1550. The molecule has 0 radical (unpaired) electrons. The van der Waals surface area contributed by atoms with Crippen LogP contribution in [0.4, 0.5) is 18.9 Å². The molecular formula is C22H20F3N5O2S. The van der Waals surface area contributed by atoms with E-state index in [1.165, 1.54) is 18.3 Å². The predicted molar refractivity (Wildman–Crippen MR) is 119 cm³/mol. The fourth-order valence-corrected chi connectivity index (χ4v) is 5.32. The quantitative estimate of drug-likeness (QED) is 0.463. The van der Waals surface area contributed by atoms with Crippen LogP contribution in [0.5, 0.6) is 0 Å². The number of anilines is 1. The zero-order chi connectivity index (χ0) is 23.9. The Balaban J connectivity index is 1.88. The topological polar surface area (TPSA) is 81.8 Å². The van der Waals surface area contributed by atoms with Gasteiger partial charge in [0.05, 0.1) is 34.2 Å². The second-order valence-electron chi connectivity index (χ2n) is 8.64. The third kappa shape index (κ3) is 3.13.